The molecule has 1 unspecified atom stereocenters. The lowest BCUT2D eigenvalue weighted by Crippen LogP contribution is -2.49. The Morgan fingerprint density at radius 1 is 1.26 bits per heavy atom. The third-order valence-corrected chi connectivity index (χ3v) is 5.04. The third kappa shape index (κ3) is 6.45. The number of para-hydroxylation sites is 1. The highest BCUT2D eigenvalue weighted by Crippen LogP contribution is 2.19. The van der Waals surface area contributed by atoms with Crippen molar-refractivity contribution < 1.29 is 9.53 Å². The van der Waals surface area contributed by atoms with Crippen LogP contribution in [0.25, 0.3) is 0 Å². The molecule has 0 aliphatic carbocycles. The van der Waals surface area contributed by atoms with E-state index in [2.05, 4.69) is 46.5 Å². The molecule has 2 rings (SSSR count). The van der Waals surface area contributed by atoms with Crippen molar-refractivity contribution in [1.29, 1.82) is 0 Å². The zero-order valence-corrected chi connectivity index (χ0v) is 17.1. The highest BCUT2D eigenvalue weighted by Gasteiger charge is 2.27. The fraction of sp³-hybridized carbons (Fsp3) is 0.619. The zero-order chi connectivity index (χ0) is 19.6. The molecule has 0 spiro atoms. The van der Waals surface area contributed by atoms with Gasteiger partial charge in [0.1, 0.15) is 0 Å². The number of esters is 1. The highest BCUT2D eigenvalue weighted by molar-refractivity contribution is 5.80. The van der Waals surface area contributed by atoms with Crippen molar-refractivity contribution in [1.82, 2.24) is 10.2 Å². The maximum absolute atomic E-state index is 11.9. The Bertz CT molecular complexity index is 595. The molecule has 1 aromatic rings. The van der Waals surface area contributed by atoms with Crippen molar-refractivity contribution in [2.45, 2.75) is 39.7 Å². The number of nitrogens with zero attached hydrogens (tertiary/aromatic N) is 2. The Hall–Kier alpha value is -2.24. The lowest BCUT2D eigenvalue weighted by molar-refractivity contribution is -0.149. The molecular weight excluding hydrogens is 340 g/mol. The van der Waals surface area contributed by atoms with Crippen LogP contribution in [0.4, 0.5) is 5.69 Å². The average Bonchev–Trinajstić information content (AvgIpc) is 2.68. The minimum Gasteiger partial charge on any atom is -0.466 e. The van der Waals surface area contributed by atoms with Crippen LogP contribution in [-0.2, 0) is 9.53 Å². The standard InChI is InChI=1S/C21H34N4O2/c1-5-27-20(26)17-11-13-25(14-12-17)21(22-4)23-15-19(16(2)3)24-18-9-7-6-8-10-18/h6-10,16-17,19,24H,5,11-15H2,1-4H3,(H,22,23). The Morgan fingerprint density at radius 2 is 1.93 bits per heavy atom. The second-order valence-corrected chi connectivity index (χ2v) is 7.30. The molecule has 0 radical (unpaired) electrons. The van der Waals surface area contributed by atoms with E-state index in [0.717, 1.165) is 44.1 Å². The molecule has 1 heterocycles. The number of carbonyl (C=O) groups is 1. The molecular formula is C21H34N4O2. The van der Waals surface area contributed by atoms with Gasteiger partial charge in [-0.05, 0) is 37.8 Å². The predicted octanol–water partition coefficient (Wildman–Crippen LogP) is 2.97. The summed E-state index contributed by atoms with van der Waals surface area (Å²) in [5, 5.41) is 7.11. The number of likely N-dealkylation sites (tertiary alicyclic amines) is 1. The highest BCUT2D eigenvalue weighted by atomic mass is 16.5. The van der Waals surface area contributed by atoms with E-state index in [1.165, 1.54) is 0 Å². The van der Waals surface area contributed by atoms with Gasteiger partial charge in [0.05, 0.1) is 12.5 Å². The number of ether oxygens (including phenoxy) is 1. The molecule has 1 aromatic carbocycles. The molecule has 1 atom stereocenters. The molecule has 27 heavy (non-hydrogen) atoms. The van der Waals surface area contributed by atoms with Gasteiger partial charge in [-0.1, -0.05) is 32.0 Å². The first kappa shape index (κ1) is 21.1. The van der Waals surface area contributed by atoms with E-state index in [9.17, 15) is 4.79 Å². The van der Waals surface area contributed by atoms with Crippen molar-refractivity contribution in [3.63, 3.8) is 0 Å². The number of carbonyl (C=O) groups excluding carboxylic acids is 1. The lowest BCUT2D eigenvalue weighted by atomic mass is 9.97. The maximum atomic E-state index is 11.9. The van der Waals surface area contributed by atoms with Gasteiger partial charge in [0.15, 0.2) is 5.96 Å². The summed E-state index contributed by atoms with van der Waals surface area (Å²) in [5.41, 5.74) is 1.13. The van der Waals surface area contributed by atoms with Gasteiger partial charge in [-0.2, -0.15) is 0 Å². The Balaban J connectivity index is 1.86. The van der Waals surface area contributed by atoms with Gasteiger partial charge in [0.2, 0.25) is 0 Å². The van der Waals surface area contributed by atoms with Gasteiger partial charge in [-0.3, -0.25) is 9.79 Å². The molecule has 1 saturated heterocycles. The second-order valence-electron chi connectivity index (χ2n) is 7.30. The van der Waals surface area contributed by atoms with E-state index >= 15 is 0 Å². The number of benzene rings is 1. The summed E-state index contributed by atoms with van der Waals surface area (Å²) in [6.45, 7) is 9.17. The number of hydrogen-bond donors (Lipinski definition) is 2. The van der Waals surface area contributed by atoms with Gasteiger partial charge in [0.25, 0.3) is 0 Å². The lowest BCUT2D eigenvalue weighted by Gasteiger charge is -2.34. The van der Waals surface area contributed by atoms with Crippen LogP contribution < -0.4 is 10.6 Å². The normalized spacial score (nSPS) is 16.9. The first-order valence-corrected chi connectivity index (χ1v) is 9.99. The van der Waals surface area contributed by atoms with E-state index in [-0.39, 0.29) is 11.9 Å². The minimum absolute atomic E-state index is 0.0162. The topological polar surface area (TPSA) is 66.0 Å². The maximum Gasteiger partial charge on any atom is 0.309 e. The van der Waals surface area contributed by atoms with Crippen molar-refractivity contribution in [2.24, 2.45) is 16.8 Å². The summed E-state index contributed by atoms with van der Waals surface area (Å²) in [7, 11) is 1.81. The van der Waals surface area contributed by atoms with Gasteiger partial charge in [0, 0.05) is 38.4 Å². The monoisotopic (exact) mass is 374 g/mol. The second kappa shape index (κ2) is 10.8. The number of guanidine groups is 1. The van der Waals surface area contributed by atoms with Gasteiger partial charge < -0.3 is 20.3 Å². The van der Waals surface area contributed by atoms with Crippen molar-refractivity contribution in [2.75, 3.05) is 38.6 Å². The molecule has 6 nitrogen and oxygen atoms in total. The minimum atomic E-state index is -0.0629. The largest absolute Gasteiger partial charge is 0.466 e. The number of rotatable bonds is 7. The molecule has 0 saturated carbocycles. The van der Waals surface area contributed by atoms with Crippen LogP contribution in [0.15, 0.2) is 35.3 Å². The first-order valence-electron chi connectivity index (χ1n) is 9.99. The summed E-state index contributed by atoms with van der Waals surface area (Å²) in [6.07, 6.45) is 1.63. The molecule has 1 aliphatic heterocycles. The quantitative estimate of drug-likeness (QED) is 0.436. The summed E-state index contributed by atoms with van der Waals surface area (Å²) in [5.74, 6) is 1.33. The van der Waals surface area contributed by atoms with Crippen LogP contribution in [-0.4, -0.2) is 56.2 Å². The van der Waals surface area contributed by atoms with Crippen LogP contribution in [0, 0.1) is 11.8 Å². The number of nitrogens with one attached hydrogen (secondary N) is 2. The van der Waals surface area contributed by atoms with Crippen molar-refractivity contribution >= 4 is 17.6 Å². The van der Waals surface area contributed by atoms with E-state index in [0.29, 0.717) is 18.6 Å². The summed E-state index contributed by atoms with van der Waals surface area (Å²) in [6, 6.07) is 10.6. The summed E-state index contributed by atoms with van der Waals surface area (Å²) in [4.78, 5) is 18.6. The smallest absolute Gasteiger partial charge is 0.309 e. The number of hydrogen-bond acceptors (Lipinski definition) is 4. The van der Waals surface area contributed by atoms with Crippen molar-refractivity contribution in [3.05, 3.63) is 30.3 Å². The summed E-state index contributed by atoms with van der Waals surface area (Å²) < 4.78 is 5.15. The SMILES string of the molecule is CCOC(=O)C1CCN(C(=NC)NCC(Nc2ccccc2)C(C)C)CC1. The summed E-state index contributed by atoms with van der Waals surface area (Å²) >= 11 is 0. The van der Waals surface area contributed by atoms with Crippen molar-refractivity contribution in [3.8, 4) is 0 Å². The van der Waals surface area contributed by atoms with Crippen LogP contribution in [0.2, 0.25) is 0 Å². The van der Waals surface area contributed by atoms with E-state index in [1.54, 1.807) is 0 Å². The van der Waals surface area contributed by atoms with Crippen LogP contribution in [0.3, 0.4) is 0 Å². The molecule has 150 valence electrons. The van der Waals surface area contributed by atoms with Gasteiger partial charge >= 0.3 is 5.97 Å². The first-order chi connectivity index (χ1) is 13.0. The van der Waals surface area contributed by atoms with E-state index < -0.39 is 0 Å². The molecule has 0 bridgehead atoms. The average molecular weight is 375 g/mol. The third-order valence-electron chi connectivity index (χ3n) is 5.04. The molecule has 1 fully saturated rings. The van der Waals surface area contributed by atoms with E-state index in [1.807, 2.05) is 32.2 Å². The predicted molar refractivity (Wildman–Crippen MR) is 111 cm³/mol. The van der Waals surface area contributed by atoms with Gasteiger partial charge in [-0.15, -0.1) is 0 Å². The molecule has 0 amide bonds. The fourth-order valence-corrected chi connectivity index (χ4v) is 3.32. The van der Waals surface area contributed by atoms with Crippen LogP contribution in [0.5, 0.6) is 0 Å². The molecule has 1 aliphatic rings. The Kier molecular flexibility index (Phi) is 8.43. The Labute approximate surface area is 163 Å². The molecule has 0 aromatic heterocycles. The zero-order valence-electron chi connectivity index (χ0n) is 17.1. The number of aliphatic imine (C=N–C) groups is 1. The number of anilines is 1. The fourth-order valence-electron chi connectivity index (χ4n) is 3.32. The van der Waals surface area contributed by atoms with Crippen LogP contribution in [0.1, 0.15) is 33.6 Å². The van der Waals surface area contributed by atoms with Crippen LogP contribution >= 0.6 is 0 Å². The van der Waals surface area contributed by atoms with Gasteiger partial charge in [-0.25, -0.2) is 0 Å². The molecule has 2 N–H and O–H groups in total. The Morgan fingerprint density at radius 3 is 2.48 bits per heavy atom. The molecule has 6 heteroatoms. The number of piperidine rings is 1. The van der Waals surface area contributed by atoms with E-state index in [4.69, 9.17) is 4.74 Å².